The second-order valence-electron chi connectivity index (χ2n) is 3.51. The zero-order valence-corrected chi connectivity index (χ0v) is 9.89. The Labute approximate surface area is 107 Å². The third-order valence-corrected chi connectivity index (χ3v) is 2.34. The van der Waals surface area contributed by atoms with E-state index in [-0.39, 0.29) is 17.3 Å². The Morgan fingerprint density at radius 1 is 1.37 bits per heavy atom. The minimum Gasteiger partial charge on any atom is -0.464 e. The molecule has 19 heavy (non-hydrogen) atoms. The van der Waals surface area contributed by atoms with E-state index in [9.17, 15) is 13.6 Å². The molecule has 5 nitrogen and oxygen atoms in total. The highest BCUT2D eigenvalue weighted by Crippen LogP contribution is 2.28. The van der Waals surface area contributed by atoms with Crippen LogP contribution in [0.3, 0.4) is 0 Å². The molecule has 0 aliphatic rings. The summed E-state index contributed by atoms with van der Waals surface area (Å²) in [4.78, 5) is 17.9. The van der Waals surface area contributed by atoms with E-state index in [1.165, 1.54) is 19.4 Å². The number of H-pyrrole nitrogens is 1. The summed E-state index contributed by atoms with van der Waals surface area (Å²) in [5.74, 6) is -0.370. The number of benzene rings is 1. The number of hydrogen-bond acceptors (Lipinski definition) is 4. The van der Waals surface area contributed by atoms with Crippen molar-refractivity contribution in [1.29, 1.82) is 0 Å². The molecule has 7 heteroatoms. The molecule has 2 aromatic rings. The zero-order valence-electron chi connectivity index (χ0n) is 9.89. The van der Waals surface area contributed by atoms with Crippen molar-refractivity contribution >= 4 is 5.97 Å². The lowest BCUT2D eigenvalue weighted by atomic mass is 10.2. The van der Waals surface area contributed by atoms with Gasteiger partial charge in [0.25, 0.3) is 0 Å². The SMILES string of the molecule is COC(=O)c1cnc(-c2ccccc2OC(F)F)[nH]1. The predicted octanol–water partition coefficient (Wildman–Crippen LogP) is 2.46. The van der Waals surface area contributed by atoms with E-state index in [1.807, 2.05) is 0 Å². The topological polar surface area (TPSA) is 64.2 Å². The van der Waals surface area contributed by atoms with Crippen molar-refractivity contribution in [2.24, 2.45) is 0 Å². The number of aromatic nitrogens is 2. The summed E-state index contributed by atoms with van der Waals surface area (Å²) in [6, 6.07) is 6.15. The number of carbonyl (C=O) groups excluding carboxylic acids is 1. The largest absolute Gasteiger partial charge is 0.464 e. The quantitative estimate of drug-likeness (QED) is 0.865. The monoisotopic (exact) mass is 268 g/mol. The molecule has 0 fully saturated rings. The maximum Gasteiger partial charge on any atom is 0.387 e. The number of esters is 1. The molecule has 0 amide bonds. The Morgan fingerprint density at radius 2 is 2.11 bits per heavy atom. The number of nitrogens with zero attached hydrogens (tertiary/aromatic N) is 1. The molecule has 0 saturated heterocycles. The average molecular weight is 268 g/mol. The Bertz CT molecular complexity index is 584. The summed E-state index contributed by atoms with van der Waals surface area (Å²) in [5, 5.41) is 0. The Balaban J connectivity index is 2.36. The third-order valence-electron chi connectivity index (χ3n) is 2.34. The fourth-order valence-electron chi connectivity index (χ4n) is 1.53. The van der Waals surface area contributed by atoms with Gasteiger partial charge in [-0.15, -0.1) is 0 Å². The van der Waals surface area contributed by atoms with E-state index < -0.39 is 12.6 Å². The molecule has 0 atom stereocenters. The first-order valence-electron chi connectivity index (χ1n) is 5.29. The Hall–Kier alpha value is -2.44. The molecule has 0 aliphatic carbocycles. The molecule has 100 valence electrons. The summed E-state index contributed by atoms with van der Waals surface area (Å²) in [6.45, 7) is -2.93. The van der Waals surface area contributed by atoms with Crippen molar-refractivity contribution in [3.05, 3.63) is 36.2 Å². The van der Waals surface area contributed by atoms with Gasteiger partial charge in [-0.2, -0.15) is 8.78 Å². The van der Waals surface area contributed by atoms with Gasteiger partial charge in [-0.25, -0.2) is 9.78 Å². The molecule has 0 bridgehead atoms. The number of para-hydroxylation sites is 1. The van der Waals surface area contributed by atoms with Gasteiger partial charge < -0.3 is 14.5 Å². The van der Waals surface area contributed by atoms with Crippen LogP contribution in [0.5, 0.6) is 5.75 Å². The molecule has 0 radical (unpaired) electrons. The van der Waals surface area contributed by atoms with Gasteiger partial charge in [-0.05, 0) is 12.1 Å². The lowest BCUT2D eigenvalue weighted by Crippen LogP contribution is -2.03. The number of nitrogens with one attached hydrogen (secondary N) is 1. The average Bonchev–Trinajstić information content (AvgIpc) is 2.87. The second kappa shape index (κ2) is 5.47. The summed E-state index contributed by atoms with van der Waals surface area (Å²) in [6.07, 6.45) is 1.26. The Kier molecular flexibility index (Phi) is 3.74. The standard InChI is InChI=1S/C12H10F2N2O3/c1-18-11(17)8-6-15-10(16-8)7-4-2-3-5-9(7)19-12(13)14/h2-6,12H,1H3,(H,15,16). The van der Waals surface area contributed by atoms with Crippen molar-refractivity contribution < 1.29 is 23.0 Å². The molecular formula is C12H10F2N2O3. The number of rotatable bonds is 4. The van der Waals surface area contributed by atoms with E-state index in [1.54, 1.807) is 18.2 Å². The van der Waals surface area contributed by atoms with E-state index in [0.717, 1.165) is 0 Å². The minimum absolute atomic E-state index is 0.0248. The molecule has 0 unspecified atom stereocenters. The van der Waals surface area contributed by atoms with Crippen LogP contribution in [0.4, 0.5) is 8.78 Å². The van der Waals surface area contributed by atoms with E-state index in [0.29, 0.717) is 5.56 Å². The van der Waals surface area contributed by atoms with E-state index in [4.69, 9.17) is 0 Å². The molecule has 0 saturated carbocycles. The van der Waals surface area contributed by atoms with Crippen LogP contribution in [-0.2, 0) is 4.74 Å². The number of halogens is 2. The highest BCUT2D eigenvalue weighted by molar-refractivity contribution is 5.87. The Morgan fingerprint density at radius 3 is 2.79 bits per heavy atom. The highest BCUT2D eigenvalue weighted by Gasteiger charge is 2.15. The number of alkyl halides is 2. The fourth-order valence-corrected chi connectivity index (χ4v) is 1.53. The molecule has 2 rings (SSSR count). The van der Waals surface area contributed by atoms with Crippen LogP contribution >= 0.6 is 0 Å². The summed E-state index contributed by atoms with van der Waals surface area (Å²) < 4.78 is 33.5. The third kappa shape index (κ3) is 2.87. The first kappa shape index (κ1) is 13.0. The van der Waals surface area contributed by atoms with Crippen LogP contribution in [-0.4, -0.2) is 29.7 Å². The zero-order chi connectivity index (χ0) is 13.8. The van der Waals surface area contributed by atoms with Crippen LogP contribution in [0, 0.1) is 0 Å². The van der Waals surface area contributed by atoms with Gasteiger partial charge in [-0.3, -0.25) is 0 Å². The fraction of sp³-hybridized carbons (Fsp3) is 0.167. The van der Waals surface area contributed by atoms with Gasteiger partial charge in [0.05, 0.1) is 18.9 Å². The van der Waals surface area contributed by atoms with Gasteiger partial charge in [0, 0.05) is 0 Å². The molecule has 1 heterocycles. The summed E-state index contributed by atoms with van der Waals surface area (Å²) in [5.41, 5.74) is 0.460. The number of hydrogen-bond donors (Lipinski definition) is 1. The number of carbonyl (C=O) groups is 1. The first-order chi connectivity index (χ1) is 9.11. The van der Waals surface area contributed by atoms with Gasteiger partial charge in [0.15, 0.2) is 0 Å². The van der Waals surface area contributed by atoms with Gasteiger partial charge in [-0.1, -0.05) is 12.1 Å². The maximum absolute atomic E-state index is 12.3. The van der Waals surface area contributed by atoms with Crippen molar-refractivity contribution in [3.8, 4) is 17.1 Å². The number of methoxy groups -OCH3 is 1. The molecule has 0 spiro atoms. The molecular weight excluding hydrogens is 258 g/mol. The molecule has 0 aliphatic heterocycles. The summed E-state index contributed by atoms with van der Waals surface area (Å²) in [7, 11) is 1.23. The van der Waals surface area contributed by atoms with Crippen LogP contribution in [0.1, 0.15) is 10.5 Å². The van der Waals surface area contributed by atoms with Gasteiger partial charge in [0.2, 0.25) is 0 Å². The van der Waals surface area contributed by atoms with Crippen LogP contribution in [0.2, 0.25) is 0 Å². The van der Waals surface area contributed by atoms with Crippen molar-refractivity contribution in [1.82, 2.24) is 9.97 Å². The molecule has 1 aromatic heterocycles. The van der Waals surface area contributed by atoms with Crippen LogP contribution in [0.15, 0.2) is 30.5 Å². The van der Waals surface area contributed by atoms with Crippen molar-refractivity contribution in [3.63, 3.8) is 0 Å². The molecule has 1 aromatic carbocycles. The highest BCUT2D eigenvalue weighted by atomic mass is 19.3. The van der Waals surface area contributed by atoms with Gasteiger partial charge >= 0.3 is 12.6 Å². The van der Waals surface area contributed by atoms with Crippen molar-refractivity contribution in [2.45, 2.75) is 6.61 Å². The van der Waals surface area contributed by atoms with Gasteiger partial charge in [0.1, 0.15) is 17.3 Å². The summed E-state index contributed by atoms with van der Waals surface area (Å²) >= 11 is 0. The number of ether oxygens (including phenoxy) is 2. The minimum atomic E-state index is -2.93. The lowest BCUT2D eigenvalue weighted by Gasteiger charge is -2.08. The molecule has 1 N–H and O–H groups in total. The predicted molar refractivity (Wildman–Crippen MR) is 62.0 cm³/mol. The smallest absolute Gasteiger partial charge is 0.387 e. The maximum atomic E-state index is 12.3. The van der Waals surface area contributed by atoms with Crippen LogP contribution < -0.4 is 4.74 Å². The van der Waals surface area contributed by atoms with Crippen molar-refractivity contribution in [2.75, 3.05) is 7.11 Å². The normalized spacial score (nSPS) is 10.5. The first-order valence-corrected chi connectivity index (χ1v) is 5.29. The number of imidazole rings is 1. The lowest BCUT2D eigenvalue weighted by molar-refractivity contribution is -0.0494. The second-order valence-corrected chi connectivity index (χ2v) is 3.51. The van der Waals surface area contributed by atoms with E-state index in [2.05, 4.69) is 19.4 Å². The van der Waals surface area contributed by atoms with Crippen LogP contribution in [0.25, 0.3) is 11.4 Å². The number of aromatic amines is 1. The van der Waals surface area contributed by atoms with E-state index >= 15 is 0 Å².